The number of benzene rings is 1. The van der Waals surface area contributed by atoms with Crippen molar-refractivity contribution in [1.29, 1.82) is 0 Å². The van der Waals surface area contributed by atoms with Crippen LogP contribution in [0, 0.1) is 0 Å². The normalized spacial score (nSPS) is 28.5. The van der Waals surface area contributed by atoms with E-state index in [1.807, 2.05) is 24.3 Å². The molecule has 2 aliphatic heterocycles. The molecular weight excluding hydrogens is 318 g/mol. The lowest BCUT2D eigenvalue weighted by molar-refractivity contribution is -0.149. The Bertz CT molecular complexity index is 622. The van der Waals surface area contributed by atoms with Gasteiger partial charge in [-0.05, 0) is 31.0 Å². The van der Waals surface area contributed by atoms with E-state index in [-0.39, 0.29) is 17.9 Å². The molecule has 0 aromatic heterocycles. The topological polar surface area (TPSA) is 81.7 Å². The summed E-state index contributed by atoms with van der Waals surface area (Å²) in [6.45, 7) is 2.61. The highest BCUT2D eigenvalue weighted by molar-refractivity contribution is 6.30. The summed E-state index contributed by atoms with van der Waals surface area (Å²) in [4.78, 5) is 26.1. The number of rotatable bonds is 4. The van der Waals surface area contributed by atoms with Gasteiger partial charge in [0.15, 0.2) is 0 Å². The summed E-state index contributed by atoms with van der Waals surface area (Å²) in [5, 5.41) is 16.3. The van der Waals surface area contributed by atoms with E-state index in [1.165, 1.54) is 6.92 Å². The highest BCUT2D eigenvalue weighted by Gasteiger charge is 2.47. The first-order valence-corrected chi connectivity index (χ1v) is 8.10. The average molecular weight is 338 g/mol. The summed E-state index contributed by atoms with van der Waals surface area (Å²) in [6, 6.07) is 6.32. The Balaban J connectivity index is 1.63. The lowest BCUT2D eigenvalue weighted by Crippen LogP contribution is -2.64. The standard InChI is InChI=1S/C16H20ClN3O3/c1-9(21)14-16(23)20-8-12(6-13(20)15(22)19-14)18-7-10-3-2-4-11(17)5-10/h2-5,9,12-14,18,21H,6-8H2,1H3,(H,19,22)/t9-,12+,13+,14+/m1/s1. The van der Waals surface area contributed by atoms with Gasteiger partial charge in [-0.3, -0.25) is 9.59 Å². The number of nitrogens with one attached hydrogen (secondary N) is 2. The SMILES string of the molecule is C[C@@H](O)[C@@H]1NC(=O)[C@@H]2C[C@H](NCc3cccc(Cl)c3)CN2C1=O. The molecule has 2 saturated heterocycles. The van der Waals surface area contributed by atoms with Crippen molar-refractivity contribution in [2.75, 3.05) is 6.54 Å². The second-order valence-electron chi connectivity index (χ2n) is 6.18. The van der Waals surface area contributed by atoms with E-state index in [2.05, 4.69) is 10.6 Å². The third-order valence-corrected chi connectivity index (χ3v) is 4.65. The molecule has 0 unspecified atom stereocenters. The number of nitrogens with zero attached hydrogens (tertiary/aromatic N) is 1. The van der Waals surface area contributed by atoms with Gasteiger partial charge in [0.05, 0.1) is 6.10 Å². The Hall–Kier alpha value is -1.63. The van der Waals surface area contributed by atoms with Crippen molar-refractivity contribution in [3.05, 3.63) is 34.9 Å². The fourth-order valence-electron chi connectivity index (χ4n) is 3.20. The zero-order valence-electron chi connectivity index (χ0n) is 12.8. The van der Waals surface area contributed by atoms with Gasteiger partial charge in [-0.25, -0.2) is 0 Å². The van der Waals surface area contributed by atoms with Crippen LogP contribution in [0.2, 0.25) is 5.02 Å². The third-order valence-electron chi connectivity index (χ3n) is 4.42. The Morgan fingerprint density at radius 1 is 1.48 bits per heavy atom. The first-order valence-electron chi connectivity index (χ1n) is 7.72. The maximum absolute atomic E-state index is 12.4. The molecule has 0 bridgehead atoms. The molecular formula is C16H20ClN3O3. The zero-order chi connectivity index (χ0) is 16.6. The summed E-state index contributed by atoms with van der Waals surface area (Å²) in [6.07, 6.45) is -0.323. The Labute approximate surface area is 139 Å². The van der Waals surface area contributed by atoms with Gasteiger partial charge in [0.2, 0.25) is 11.8 Å². The van der Waals surface area contributed by atoms with Gasteiger partial charge in [0, 0.05) is 24.2 Å². The quantitative estimate of drug-likeness (QED) is 0.737. The first-order chi connectivity index (χ1) is 11.0. The number of carbonyl (C=O) groups excluding carboxylic acids is 2. The van der Waals surface area contributed by atoms with E-state index < -0.39 is 18.2 Å². The lowest BCUT2D eigenvalue weighted by Gasteiger charge is -2.35. The fourth-order valence-corrected chi connectivity index (χ4v) is 3.41. The van der Waals surface area contributed by atoms with Gasteiger partial charge >= 0.3 is 0 Å². The minimum absolute atomic E-state index is 0.0430. The number of hydrogen-bond acceptors (Lipinski definition) is 4. The molecule has 2 aliphatic rings. The number of aliphatic hydroxyl groups excluding tert-OH is 1. The van der Waals surface area contributed by atoms with Crippen LogP contribution in [0.25, 0.3) is 0 Å². The molecule has 124 valence electrons. The minimum Gasteiger partial charge on any atom is -0.391 e. The van der Waals surface area contributed by atoms with Gasteiger partial charge in [0.1, 0.15) is 12.1 Å². The highest BCUT2D eigenvalue weighted by atomic mass is 35.5. The van der Waals surface area contributed by atoms with E-state index in [0.29, 0.717) is 24.5 Å². The van der Waals surface area contributed by atoms with E-state index in [4.69, 9.17) is 11.6 Å². The van der Waals surface area contributed by atoms with Crippen molar-refractivity contribution in [2.24, 2.45) is 0 Å². The maximum Gasteiger partial charge on any atom is 0.248 e. The first kappa shape index (κ1) is 16.2. The molecule has 0 saturated carbocycles. The number of halogens is 1. The van der Waals surface area contributed by atoms with Crippen LogP contribution in [0.5, 0.6) is 0 Å². The van der Waals surface area contributed by atoms with Gasteiger partial charge in [-0.15, -0.1) is 0 Å². The molecule has 2 heterocycles. The number of fused-ring (bicyclic) bond motifs is 1. The van der Waals surface area contributed by atoms with Crippen LogP contribution in [0.3, 0.4) is 0 Å². The summed E-state index contributed by atoms with van der Waals surface area (Å²) >= 11 is 5.97. The maximum atomic E-state index is 12.4. The van der Waals surface area contributed by atoms with Crippen molar-refractivity contribution in [2.45, 2.75) is 44.1 Å². The predicted octanol–water partition coefficient (Wildman–Crippen LogP) is 0.278. The molecule has 1 aromatic rings. The Morgan fingerprint density at radius 3 is 2.96 bits per heavy atom. The molecule has 7 heteroatoms. The molecule has 2 fully saturated rings. The van der Waals surface area contributed by atoms with Crippen LogP contribution in [0.4, 0.5) is 0 Å². The summed E-state index contributed by atoms with van der Waals surface area (Å²) < 4.78 is 0. The number of hydrogen-bond donors (Lipinski definition) is 3. The Morgan fingerprint density at radius 2 is 2.26 bits per heavy atom. The smallest absolute Gasteiger partial charge is 0.248 e. The highest BCUT2D eigenvalue weighted by Crippen LogP contribution is 2.24. The van der Waals surface area contributed by atoms with Gasteiger partial charge in [-0.1, -0.05) is 23.7 Å². The van der Waals surface area contributed by atoms with E-state index in [1.54, 1.807) is 4.90 Å². The summed E-state index contributed by atoms with van der Waals surface area (Å²) in [7, 11) is 0. The van der Waals surface area contributed by atoms with Crippen molar-refractivity contribution < 1.29 is 14.7 Å². The molecule has 2 amide bonds. The monoisotopic (exact) mass is 337 g/mol. The second kappa shape index (κ2) is 6.47. The predicted molar refractivity (Wildman–Crippen MR) is 85.8 cm³/mol. The summed E-state index contributed by atoms with van der Waals surface area (Å²) in [5.74, 6) is -0.404. The molecule has 6 nitrogen and oxygen atoms in total. The molecule has 0 radical (unpaired) electrons. The van der Waals surface area contributed by atoms with Crippen LogP contribution < -0.4 is 10.6 Å². The van der Waals surface area contributed by atoms with Gasteiger partial charge < -0.3 is 20.6 Å². The molecule has 3 N–H and O–H groups in total. The van der Waals surface area contributed by atoms with E-state index >= 15 is 0 Å². The van der Waals surface area contributed by atoms with Crippen molar-refractivity contribution >= 4 is 23.4 Å². The summed E-state index contributed by atoms with van der Waals surface area (Å²) in [5.41, 5.74) is 1.06. The van der Waals surface area contributed by atoms with Crippen molar-refractivity contribution in [1.82, 2.24) is 15.5 Å². The third kappa shape index (κ3) is 3.34. The van der Waals surface area contributed by atoms with Crippen LogP contribution >= 0.6 is 11.6 Å². The van der Waals surface area contributed by atoms with Crippen LogP contribution in [-0.4, -0.2) is 52.6 Å². The van der Waals surface area contributed by atoms with E-state index in [9.17, 15) is 14.7 Å². The molecule has 0 spiro atoms. The lowest BCUT2D eigenvalue weighted by atomic mass is 10.0. The zero-order valence-corrected chi connectivity index (χ0v) is 13.6. The van der Waals surface area contributed by atoms with Crippen LogP contribution in [-0.2, 0) is 16.1 Å². The Kier molecular flexibility index (Phi) is 4.57. The van der Waals surface area contributed by atoms with Crippen LogP contribution in [0.15, 0.2) is 24.3 Å². The second-order valence-corrected chi connectivity index (χ2v) is 6.61. The number of aliphatic hydroxyl groups is 1. The molecule has 0 aliphatic carbocycles. The van der Waals surface area contributed by atoms with Crippen molar-refractivity contribution in [3.63, 3.8) is 0 Å². The number of amides is 2. The number of carbonyl (C=O) groups is 2. The largest absolute Gasteiger partial charge is 0.391 e. The van der Waals surface area contributed by atoms with Crippen molar-refractivity contribution in [3.8, 4) is 0 Å². The number of piperazine rings is 1. The van der Waals surface area contributed by atoms with Gasteiger partial charge in [-0.2, -0.15) is 0 Å². The fraction of sp³-hybridized carbons (Fsp3) is 0.500. The molecule has 1 aromatic carbocycles. The minimum atomic E-state index is -0.897. The average Bonchev–Trinajstić information content (AvgIpc) is 2.94. The van der Waals surface area contributed by atoms with E-state index in [0.717, 1.165) is 5.56 Å². The molecule has 4 atom stereocenters. The molecule has 23 heavy (non-hydrogen) atoms. The molecule has 3 rings (SSSR count). The van der Waals surface area contributed by atoms with Gasteiger partial charge in [0.25, 0.3) is 0 Å². The van der Waals surface area contributed by atoms with Crippen LogP contribution in [0.1, 0.15) is 18.9 Å².